The predicted molar refractivity (Wildman–Crippen MR) is 95.8 cm³/mol. The molecule has 2 rings (SSSR count). The van der Waals surface area contributed by atoms with Crippen LogP contribution in [0.3, 0.4) is 0 Å². The highest BCUT2D eigenvalue weighted by atomic mass is 19.4. The molecule has 0 aliphatic rings. The van der Waals surface area contributed by atoms with E-state index < -0.39 is 35.4 Å². The Balaban J connectivity index is 2.03. The number of carbonyl (C=O) groups is 2. The van der Waals surface area contributed by atoms with Gasteiger partial charge in [-0.3, -0.25) is 9.59 Å². The molecule has 28 heavy (non-hydrogen) atoms. The zero-order valence-electron chi connectivity index (χ0n) is 15.3. The van der Waals surface area contributed by atoms with Crippen LogP contribution in [0.2, 0.25) is 0 Å². The minimum absolute atomic E-state index is 0.113. The van der Waals surface area contributed by atoms with Gasteiger partial charge in [-0.05, 0) is 47.9 Å². The van der Waals surface area contributed by atoms with Gasteiger partial charge in [0, 0.05) is 12.1 Å². The van der Waals surface area contributed by atoms with E-state index in [1.54, 1.807) is 13.8 Å². The Hall–Kier alpha value is -2.90. The van der Waals surface area contributed by atoms with Crippen LogP contribution in [0.25, 0.3) is 0 Å². The average Bonchev–Trinajstić information content (AvgIpc) is 2.64. The summed E-state index contributed by atoms with van der Waals surface area (Å²) in [4.78, 5) is 24.7. The molecule has 0 unspecified atom stereocenters. The highest BCUT2D eigenvalue weighted by Gasteiger charge is 2.30. The summed E-state index contributed by atoms with van der Waals surface area (Å²) in [6.07, 6.45) is -4.47. The van der Waals surface area contributed by atoms with E-state index in [-0.39, 0.29) is 23.6 Å². The molecule has 2 aromatic carbocycles. The van der Waals surface area contributed by atoms with Gasteiger partial charge in [0.05, 0.1) is 5.56 Å². The number of rotatable bonds is 6. The van der Waals surface area contributed by atoms with Crippen molar-refractivity contribution < 1.29 is 27.2 Å². The van der Waals surface area contributed by atoms with Crippen molar-refractivity contribution in [3.8, 4) is 0 Å². The fraction of sp³-hybridized carbons (Fsp3) is 0.300. The lowest BCUT2D eigenvalue weighted by Crippen LogP contribution is -2.49. The fourth-order valence-corrected chi connectivity index (χ4v) is 2.52. The van der Waals surface area contributed by atoms with Gasteiger partial charge in [0.2, 0.25) is 5.91 Å². The lowest BCUT2D eigenvalue weighted by atomic mass is 10.0. The molecule has 0 saturated carbocycles. The number of hydrogen-bond donors (Lipinski definition) is 2. The molecule has 0 radical (unpaired) electrons. The smallest absolute Gasteiger partial charge is 0.350 e. The van der Waals surface area contributed by atoms with Gasteiger partial charge in [-0.2, -0.15) is 13.2 Å². The SMILES string of the molecule is CC(C)[C@H](NC(=O)c1ccc(F)cc1)C(=O)NCc1cccc(C(F)(F)F)c1. The molecule has 1 atom stereocenters. The van der Waals surface area contributed by atoms with Gasteiger partial charge in [0.25, 0.3) is 5.91 Å². The monoisotopic (exact) mass is 396 g/mol. The van der Waals surface area contributed by atoms with Crippen molar-refractivity contribution in [2.24, 2.45) is 5.92 Å². The van der Waals surface area contributed by atoms with Gasteiger partial charge in [0.1, 0.15) is 11.9 Å². The minimum Gasteiger partial charge on any atom is -0.350 e. The first-order valence-electron chi connectivity index (χ1n) is 8.58. The van der Waals surface area contributed by atoms with Gasteiger partial charge in [0.15, 0.2) is 0 Å². The predicted octanol–water partition coefficient (Wildman–Crippen LogP) is 3.92. The Kier molecular flexibility index (Phi) is 6.77. The average molecular weight is 396 g/mol. The van der Waals surface area contributed by atoms with Crippen LogP contribution in [-0.2, 0) is 17.5 Å². The molecule has 8 heteroatoms. The van der Waals surface area contributed by atoms with Crippen LogP contribution in [-0.4, -0.2) is 17.9 Å². The zero-order valence-corrected chi connectivity index (χ0v) is 15.3. The normalized spacial score (nSPS) is 12.5. The first kappa shape index (κ1) is 21.4. The quantitative estimate of drug-likeness (QED) is 0.728. The Bertz CT molecular complexity index is 833. The first-order chi connectivity index (χ1) is 13.1. The van der Waals surface area contributed by atoms with Gasteiger partial charge >= 0.3 is 6.18 Å². The summed E-state index contributed by atoms with van der Waals surface area (Å²) in [5.74, 6) is -1.84. The number of carbonyl (C=O) groups excluding carboxylic acids is 2. The molecule has 2 amide bonds. The van der Waals surface area contributed by atoms with Crippen LogP contribution in [0, 0.1) is 11.7 Å². The molecule has 150 valence electrons. The Labute approximate surface area is 159 Å². The molecule has 0 spiro atoms. The summed E-state index contributed by atoms with van der Waals surface area (Å²) in [6.45, 7) is 3.33. The number of hydrogen-bond acceptors (Lipinski definition) is 2. The van der Waals surface area contributed by atoms with E-state index in [2.05, 4.69) is 10.6 Å². The van der Waals surface area contributed by atoms with Crippen LogP contribution < -0.4 is 10.6 Å². The Morgan fingerprint density at radius 3 is 2.25 bits per heavy atom. The van der Waals surface area contributed by atoms with E-state index in [4.69, 9.17) is 0 Å². The summed E-state index contributed by atoms with van der Waals surface area (Å²) in [7, 11) is 0. The molecule has 0 bridgehead atoms. The van der Waals surface area contributed by atoms with Crippen LogP contribution in [0.1, 0.15) is 35.3 Å². The highest BCUT2D eigenvalue weighted by Crippen LogP contribution is 2.29. The molecule has 0 fully saturated rings. The molecule has 0 aliphatic carbocycles. The second kappa shape index (κ2) is 8.86. The minimum atomic E-state index is -4.47. The number of halogens is 4. The zero-order chi connectivity index (χ0) is 20.9. The lowest BCUT2D eigenvalue weighted by Gasteiger charge is -2.22. The van der Waals surface area contributed by atoms with Gasteiger partial charge in [-0.1, -0.05) is 26.0 Å². The van der Waals surface area contributed by atoms with Gasteiger partial charge in [-0.15, -0.1) is 0 Å². The van der Waals surface area contributed by atoms with Crippen molar-refractivity contribution in [3.05, 3.63) is 71.0 Å². The molecule has 2 N–H and O–H groups in total. The Morgan fingerprint density at radius 1 is 1.04 bits per heavy atom. The topological polar surface area (TPSA) is 58.2 Å². The van der Waals surface area contributed by atoms with E-state index in [9.17, 15) is 27.2 Å². The molecular weight excluding hydrogens is 376 g/mol. The number of benzene rings is 2. The number of alkyl halides is 3. The molecule has 0 aliphatic heterocycles. The van der Waals surface area contributed by atoms with E-state index in [1.807, 2.05) is 0 Å². The van der Waals surface area contributed by atoms with Gasteiger partial charge < -0.3 is 10.6 Å². The summed E-state index contributed by atoms with van der Waals surface area (Å²) < 4.78 is 51.3. The van der Waals surface area contributed by atoms with Crippen molar-refractivity contribution in [3.63, 3.8) is 0 Å². The standard InChI is InChI=1S/C20H20F4N2O2/c1-12(2)17(26-18(27)14-6-8-16(21)9-7-14)19(28)25-11-13-4-3-5-15(10-13)20(22,23)24/h3-10,12,17H,11H2,1-2H3,(H,25,28)(H,26,27)/t17-/m0/s1. The summed E-state index contributed by atoms with van der Waals surface area (Å²) in [5.41, 5.74) is -0.322. The molecule has 0 saturated heterocycles. The maximum Gasteiger partial charge on any atom is 0.416 e. The summed E-state index contributed by atoms with van der Waals surface area (Å²) >= 11 is 0. The first-order valence-corrected chi connectivity index (χ1v) is 8.58. The van der Waals surface area contributed by atoms with E-state index in [1.165, 1.54) is 24.3 Å². The highest BCUT2D eigenvalue weighted by molar-refractivity contribution is 5.97. The third-order valence-electron chi connectivity index (χ3n) is 4.06. The molecular formula is C20H20F4N2O2. The summed E-state index contributed by atoms with van der Waals surface area (Å²) in [6, 6.07) is 8.60. The third-order valence-corrected chi connectivity index (χ3v) is 4.06. The number of nitrogens with one attached hydrogen (secondary N) is 2. The van der Waals surface area contributed by atoms with Crippen LogP contribution in [0.5, 0.6) is 0 Å². The van der Waals surface area contributed by atoms with E-state index in [0.717, 1.165) is 24.3 Å². The van der Waals surface area contributed by atoms with Crippen molar-refractivity contribution >= 4 is 11.8 Å². The largest absolute Gasteiger partial charge is 0.416 e. The molecule has 0 heterocycles. The summed E-state index contributed by atoms with van der Waals surface area (Å²) in [5, 5.41) is 5.11. The Morgan fingerprint density at radius 2 is 1.68 bits per heavy atom. The third kappa shape index (κ3) is 5.80. The van der Waals surface area contributed by atoms with Crippen molar-refractivity contribution in [1.29, 1.82) is 0 Å². The van der Waals surface area contributed by atoms with E-state index >= 15 is 0 Å². The second-order valence-corrected chi connectivity index (χ2v) is 6.62. The van der Waals surface area contributed by atoms with Crippen molar-refractivity contribution in [2.75, 3.05) is 0 Å². The van der Waals surface area contributed by atoms with Crippen molar-refractivity contribution in [2.45, 2.75) is 32.6 Å². The number of amides is 2. The van der Waals surface area contributed by atoms with Crippen LogP contribution in [0.4, 0.5) is 17.6 Å². The second-order valence-electron chi connectivity index (χ2n) is 6.62. The van der Waals surface area contributed by atoms with Crippen molar-refractivity contribution in [1.82, 2.24) is 10.6 Å². The molecule has 2 aromatic rings. The maximum atomic E-state index is 13.0. The lowest BCUT2D eigenvalue weighted by molar-refractivity contribution is -0.137. The van der Waals surface area contributed by atoms with Crippen LogP contribution >= 0.6 is 0 Å². The fourth-order valence-electron chi connectivity index (χ4n) is 2.52. The van der Waals surface area contributed by atoms with Gasteiger partial charge in [-0.25, -0.2) is 4.39 Å². The van der Waals surface area contributed by atoms with E-state index in [0.29, 0.717) is 0 Å². The maximum absolute atomic E-state index is 13.0. The molecule has 0 aromatic heterocycles. The van der Waals surface area contributed by atoms with Crippen LogP contribution in [0.15, 0.2) is 48.5 Å². The molecule has 4 nitrogen and oxygen atoms in total.